The third kappa shape index (κ3) is 3.51. The molecule has 0 unspecified atom stereocenters. The van der Waals surface area contributed by atoms with Crippen LogP contribution in [-0.2, 0) is 9.53 Å². The first-order valence-electron chi connectivity index (χ1n) is 6.98. The van der Waals surface area contributed by atoms with Crippen molar-refractivity contribution in [3.63, 3.8) is 0 Å². The van der Waals surface area contributed by atoms with Crippen LogP contribution in [0.15, 0.2) is 0 Å². The summed E-state index contributed by atoms with van der Waals surface area (Å²) in [5, 5.41) is 2.97. The maximum absolute atomic E-state index is 11.7. The van der Waals surface area contributed by atoms with Gasteiger partial charge in [-0.05, 0) is 18.0 Å². The number of nitrogens with zero attached hydrogens (tertiary/aromatic N) is 5. The molecule has 9 heteroatoms. The molecule has 0 saturated carbocycles. The van der Waals surface area contributed by atoms with E-state index in [9.17, 15) is 4.79 Å². The van der Waals surface area contributed by atoms with E-state index in [0.29, 0.717) is 38.2 Å². The van der Waals surface area contributed by atoms with Crippen LogP contribution < -0.4 is 15.1 Å². The highest BCUT2D eigenvalue weighted by atomic mass is 35.5. The SMILES string of the molecule is O=C1CN(c2nc(Cl)nc(N3CCOCC3)n2)CCCN1. The molecule has 3 rings (SSSR count). The lowest BCUT2D eigenvalue weighted by Crippen LogP contribution is -2.38. The van der Waals surface area contributed by atoms with Crippen LogP contribution in [0.2, 0.25) is 5.28 Å². The summed E-state index contributed by atoms with van der Waals surface area (Å²) in [6.07, 6.45) is 0.849. The Balaban J connectivity index is 1.84. The minimum atomic E-state index is -0.0306. The van der Waals surface area contributed by atoms with Gasteiger partial charge in [-0.15, -0.1) is 0 Å². The van der Waals surface area contributed by atoms with E-state index >= 15 is 0 Å². The van der Waals surface area contributed by atoms with Crippen molar-refractivity contribution in [2.75, 3.05) is 55.7 Å². The lowest BCUT2D eigenvalue weighted by Gasteiger charge is -2.27. The lowest BCUT2D eigenvalue weighted by molar-refractivity contribution is -0.119. The number of carbonyl (C=O) groups is 1. The Hall–Kier alpha value is -1.67. The zero-order valence-electron chi connectivity index (χ0n) is 11.6. The molecule has 0 bridgehead atoms. The van der Waals surface area contributed by atoms with Crippen LogP contribution in [0, 0.1) is 0 Å². The third-order valence-corrected chi connectivity index (χ3v) is 3.59. The van der Waals surface area contributed by atoms with E-state index in [4.69, 9.17) is 16.3 Å². The number of aromatic nitrogens is 3. The molecule has 1 N–H and O–H groups in total. The van der Waals surface area contributed by atoms with Gasteiger partial charge in [-0.2, -0.15) is 15.0 Å². The Bertz CT molecular complexity index is 522. The highest BCUT2D eigenvalue weighted by Crippen LogP contribution is 2.18. The Morgan fingerprint density at radius 2 is 1.76 bits per heavy atom. The predicted octanol–water partition coefficient (Wildman–Crippen LogP) is -0.312. The Labute approximate surface area is 127 Å². The molecular weight excluding hydrogens is 296 g/mol. The summed E-state index contributed by atoms with van der Waals surface area (Å²) in [5.74, 6) is 0.962. The van der Waals surface area contributed by atoms with Crippen LogP contribution in [0.25, 0.3) is 0 Å². The summed E-state index contributed by atoms with van der Waals surface area (Å²) < 4.78 is 5.32. The molecule has 2 aliphatic heterocycles. The molecule has 3 heterocycles. The molecular formula is C12H17ClN6O2. The number of hydrogen-bond donors (Lipinski definition) is 1. The average molecular weight is 313 g/mol. The average Bonchev–Trinajstić information content (AvgIpc) is 2.72. The molecule has 0 aromatic carbocycles. The van der Waals surface area contributed by atoms with Gasteiger partial charge in [0, 0.05) is 26.2 Å². The molecule has 0 radical (unpaired) electrons. The van der Waals surface area contributed by atoms with E-state index in [2.05, 4.69) is 20.3 Å². The molecule has 0 aliphatic carbocycles. The molecule has 0 spiro atoms. The fourth-order valence-corrected chi connectivity index (χ4v) is 2.50. The van der Waals surface area contributed by atoms with Crippen LogP contribution in [-0.4, -0.2) is 66.8 Å². The number of morpholine rings is 1. The molecule has 2 saturated heterocycles. The second-order valence-electron chi connectivity index (χ2n) is 4.93. The minimum Gasteiger partial charge on any atom is -0.378 e. The van der Waals surface area contributed by atoms with Crippen molar-refractivity contribution in [1.29, 1.82) is 0 Å². The maximum Gasteiger partial charge on any atom is 0.239 e. The second-order valence-corrected chi connectivity index (χ2v) is 5.27. The molecule has 21 heavy (non-hydrogen) atoms. The molecule has 8 nitrogen and oxygen atoms in total. The van der Waals surface area contributed by atoms with Gasteiger partial charge in [0.2, 0.25) is 23.1 Å². The molecule has 2 fully saturated rings. The van der Waals surface area contributed by atoms with Crippen LogP contribution in [0.5, 0.6) is 0 Å². The van der Waals surface area contributed by atoms with Gasteiger partial charge in [-0.1, -0.05) is 0 Å². The van der Waals surface area contributed by atoms with E-state index in [1.165, 1.54) is 0 Å². The van der Waals surface area contributed by atoms with Gasteiger partial charge < -0.3 is 19.9 Å². The number of ether oxygens (including phenoxy) is 1. The van der Waals surface area contributed by atoms with E-state index in [0.717, 1.165) is 19.5 Å². The quantitative estimate of drug-likeness (QED) is 0.802. The van der Waals surface area contributed by atoms with Gasteiger partial charge in [0.25, 0.3) is 0 Å². The number of nitrogens with one attached hydrogen (secondary N) is 1. The second kappa shape index (κ2) is 6.40. The van der Waals surface area contributed by atoms with E-state index < -0.39 is 0 Å². The summed E-state index contributed by atoms with van der Waals surface area (Å²) in [7, 11) is 0. The molecule has 1 amide bonds. The first-order chi connectivity index (χ1) is 10.2. The van der Waals surface area contributed by atoms with Gasteiger partial charge in [-0.3, -0.25) is 4.79 Å². The van der Waals surface area contributed by atoms with Gasteiger partial charge in [0.15, 0.2) is 0 Å². The standard InChI is InChI=1S/C12H17ClN6O2/c13-10-15-11(18-4-6-21-7-5-18)17-12(16-10)19-3-1-2-14-9(20)8-19/h1-8H2,(H,14,20). The van der Waals surface area contributed by atoms with Gasteiger partial charge in [0.1, 0.15) is 0 Å². The Morgan fingerprint density at radius 1 is 1.05 bits per heavy atom. The molecule has 0 atom stereocenters. The van der Waals surface area contributed by atoms with Crippen molar-refractivity contribution in [1.82, 2.24) is 20.3 Å². The largest absolute Gasteiger partial charge is 0.378 e. The van der Waals surface area contributed by atoms with Crippen molar-refractivity contribution in [2.24, 2.45) is 0 Å². The summed E-state index contributed by atoms with van der Waals surface area (Å²) in [6.45, 7) is 4.35. The predicted molar refractivity (Wildman–Crippen MR) is 77.7 cm³/mol. The fourth-order valence-electron chi connectivity index (χ4n) is 2.35. The molecule has 114 valence electrons. The molecule has 2 aliphatic rings. The topological polar surface area (TPSA) is 83.5 Å². The van der Waals surface area contributed by atoms with Gasteiger partial charge in [0.05, 0.1) is 19.8 Å². The first kappa shape index (κ1) is 14.3. The molecule has 1 aromatic rings. The summed E-state index contributed by atoms with van der Waals surface area (Å²) in [5.41, 5.74) is 0. The summed E-state index contributed by atoms with van der Waals surface area (Å²) in [4.78, 5) is 28.3. The van der Waals surface area contributed by atoms with Crippen molar-refractivity contribution in [3.05, 3.63) is 5.28 Å². The number of hydrogen-bond acceptors (Lipinski definition) is 7. The van der Waals surface area contributed by atoms with Crippen molar-refractivity contribution in [2.45, 2.75) is 6.42 Å². The number of anilines is 2. The van der Waals surface area contributed by atoms with Crippen LogP contribution in [0.4, 0.5) is 11.9 Å². The lowest BCUT2D eigenvalue weighted by atomic mass is 10.4. The van der Waals surface area contributed by atoms with Gasteiger partial charge in [-0.25, -0.2) is 0 Å². The van der Waals surface area contributed by atoms with Crippen molar-refractivity contribution < 1.29 is 9.53 Å². The Kier molecular flexibility index (Phi) is 4.35. The number of rotatable bonds is 2. The smallest absolute Gasteiger partial charge is 0.239 e. The Morgan fingerprint density at radius 3 is 2.52 bits per heavy atom. The number of halogens is 1. The molecule has 1 aromatic heterocycles. The van der Waals surface area contributed by atoms with Crippen LogP contribution in [0.3, 0.4) is 0 Å². The van der Waals surface area contributed by atoms with E-state index in [-0.39, 0.29) is 17.7 Å². The zero-order chi connectivity index (χ0) is 14.7. The van der Waals surface area contributed by atoms with E-state index in [1.807, 2.05) is 9.80 Å². The third-order valence-electron chi connectivity index (χ3n) is 3.42. The first-order valence-corrected chi connectivity index (χ1v) is 7.36. The highest BCUT2D eigenvalue weighted by molar-refractivity contribution is 6.28. The number of carbonyl (C=O) groups excluding carboxylic acids is 1. The zero-order valence-corrected chi connectivity index (χ0v) is 12.3. The van der Waals surface area contributed by atoms with Crippen molar-refractivity contribution >= 4 is 29.4 Å². The minimum absolute atomic E-state index is 0.0306. The van der Waals surface area contributed by atoms with Crippen LogP contribution >= 0.6 is 11.6 Å². The van der Waals surface area contributed by atoms with Gasteiger partial charge >= 0.3 is 0 Å². The summed E-state index contributed by atoms with van der Waals surface area (Å²) >= 11 is 6.02. The summed E-state index contributed by atoms with van der Waals surface area (Å²) in [6, 6.07) is 0. The van der Waals surface area contributed by atoms with Crippen molar-refractivity contribution in [3.8, 4) is 0 Å². The normalized spacial score (nSPS) is 20.1. The van der Waals surface area contributed by atoms with Crippen LogP contribution in [0.1, 0.15) is 6.42 Å². The number of amides is 1. The fraction of sp³-hybridized carbons (Fsp3) is 0.667. The monoisotopic (exact) mass is 312 g/mol. The van der Waals surface area contributed by atoms with E-state index in [1.54, 1.807) is 0 Å². The maximum atomic E-state index is 11.7. The highest BCUT2D eigenvalue weighted by Gasteiger charge is 2.21.